The van der Waals surface area contributed by atoms with Gasteiger partial charge in [-0.1, -0.05) is 18.2 Å². The van der Waals surface area contributed by atoms with E-state index in [1.807, 2.05) is 35.2 Å². The molecule has 6 heteroatoms. The molecule has 2 aromatic rings. The molecule has 0 saturated carbocycles. The first-order valence-electron chi connectivity index (χ1n) is 9.14. The zero-order valence-electron chi connectivity index (χ0n) is 15.1. The van der Waals surface area contributed by atoms with E-state index in [1.54, 1.807) is 12.1 Å². The smallest absolute Gasteiger partial charge is 0.260 e. The van der Waals surface area contributed by atoms with Crippen molar-refractivity contribution in [1.29, 1.82) is 0 Å². The van der Waals surface area contributed by atoms with Crippen molar-refractivity contribution in [2.75, 3.05) is 26.2 Å². The van der Waals surface area contributed by atoms with E-state index in [0.29, 0.717) is 36.9 Å². The molecular weight excluding hydrogens is 344 g/mol. The number of amides is 2. The Morgan fingerprint density at radius 1 is 1.04 bits per heavy atom. The number of carbonyl (C=O) groups is 2. The van der Waals surface area contributed by atoms with Crippen LogP contribution in [0.5, 0.6) is 11.5 Å². The number of ether oxygens (including phenoxy) is 1. The van der Waals surface area contributed by atoms with Crippen LogP contribution in [0.15, 0.2) is 54.6 Å². The van der Waals surface area contributed by atoms with Gasteiger partial charge in [0.15, 0.2) is 6.61 Å². The molecule has 2 amide bonds. The van der Waals surface area contributed by atoms with E-state index in [-0.39, 0.29) is 24.2 Å². The number of phenolic OH excluding ortho intramolecular Hbond substituents is 1. The largest absolute Gasteiger partial charge is 0.508 e. The normalized spacial score (nSPS) is 14.6. The number of hydrogen-bond donors (Lipinski definition) is 2. The fourth-order valence-electron chi connectivity index (χ4n) is 3.09. The SMILES string of the molecule is O=C(NCC1CCN(C(=O)COc2ccccc2)CC1)c1ccc(O)cc1. The molecule has 0 unspecified atom stereocenters. The van der Waals surface area contributed by atoms with Crippen LogP contribution in [0, 0.1) is 5.92 Å². The number of likely N-dealkylation sites (tertiary alicyclic amines) is 1. The number of aromatic hydroxyl groups is 1. The molecule has 0 spiro atoms. The molecule has 0 aromatic heterocycles. The molecule has 0 bridgehead atoms. The highest BCUT2D eigenvalue weighted by Crippen LogP contribution is 2.17. The zero-order chi connectivity index (χ0) is 19.1. The third-order valence-electron chi connectivity index (χ3n) is 4.75. The van der Waals surface area contributed by atoms with Crippen molar-refractivity contribution in [3.8, 4) is 11.5 Å². The van der Waals surface area contributed by atoms with Crippen LogP contribution in [0.4, 0.5) is 0 Å². The average Bonchev–Trinajstić information content (AvgIpc) is 2.72. The maximum Gasteiger partial charge on any atom is 0.260 e. The van der Waals surface area contributed by atoms with Crippen LogP contribution < -0.4 is 10.1 Å². The van der Waals surface area contributed by atoms with Gasteiger partial charge in [0.25, 0.3) is 11.8 Å². The second-order valence-electron chi connectivity index (χ2n) is 6.68. The number of piperidine rings is 1. The van der Waals surface area contributed by atoms with Crippen molar-refractivity contribution in [1.82, 2.24) is 10.2 Å². The molecule has 27 heavy (non-hydrogen) atoms. The van der Waals surface area contributed by atoms with Crippen molar-refractivity contribution in [2.24, 2.45) is 5.92 Å². The summed E-state index contributed by atoms with van der Waals surface area (Å²) in [5.74, 6) is 1.03. The number of phenols is 1. The van der Waals surface area contributed by atoms with Crippen molar-refractivity contribution in [2.45, 2.75) is 12.8 Å². The molecule has 3 rings (SSSR count). The Kier molecular flexibility index (Phi) is 6.30. The van der Waals surface area contributed by atoms with Gasteiger partial charge < -0.3 is 20.1 Å². The predicted octanol–water partition coefficient (Wildman–Crippen LogP) is 2.44. The van der Waals surface area contributed by atoms with Crippen molar-refractivity contribution in [3.63, 3.8) is 0 Å². The van der Waals surface area contributed by atoms with Gasteiger partial charge in [0.05, 0.1) is 0 Å². The summed E-state index contributed by atoms with van der Waals surface area (Å²) in [5.41, 5.74) is 0.526. The Morgan fingerprint density at radius 2 is 1.70 bits per heavy atom. The first kappa shape index (κ1) is 18.8. The van der Waals surface area contributed by atoms with Gasteiger partial charge >= 0.3 is 0 Å². The van der Waals surface area contributed by atoms with E-state index in [1.165, 1.54) is 12.1 Å². The van der Waals surface area contributed by atoms with Gasteiger partial charge in [-0.3, -0.25) is 9.59 Å². The van der Waals surface area contributed by atoms with E-state index in [9.17, 15) is 14.7 Å². The highest BCUT2D eigenvalue weighted by molar-refractivity contribution is 5.94. The highest BCUT2D eigenvalue weighted by atomic mass is 16.5. The lowest BCUT2D eigenvalue weighted by molar-refractivity contribution is -0.134. The van der Waals surface area contributed by atoms with Gasteiger partial charge in [-0.2, -0.15) is 0 Å². The Bertz CT molecular complexity index is 754. The number of nitrogens with one attached hydrogen (secondary N) is 1. The molecule has 6 nitrogen and oxygen atoms in total. The first-order chi connectivity index (χ1) is 13.1. The molecule has 1 aliphatic rings. The lowest BCUT2D eigenvalue weighted by atomic mass is 9.96. The summed E-state index contributed by atoms with van der Waals surface area (Å²) in [6.07, 6.45) is 1.71. The summed E-state index contributed by atoms with van der Waals surface area (Å²) >= 11 is 0. The molecule has 0 radical (unpaired) electrons. The molecule has 142 valence electrons. The summed E-state index contributed by atoms with van der Waals surface area (Å²) in [6.45, 7) is 1.99. The van der Waals surface area contributed by atoms with Gasteiger partial charge in [0, 0.05) is 25.2 Å². The maximum absolute atomic E-state index is 12.3. The topological polar surface area (TPSA) is 78.9 Å². The van der Waals surface area contributed by atoms with E-state index in [2.05, 4.69) is 5.32 Å². The summed E-state index contributed by atoms with van der Waals surface area (Å²) < 4.78 is 5.52. The van der Waals surface area contributed by atoms with Crippen LogP contribution in [0.1, 0.15) is 23.2 Å². The van der Waals surface area contributed by atoms with Gasteiger partial charge in [0.1, 0.15) is 11.5 Å². The molecule has 1 aliphatic heterocycles. The Balaban J connectivity index is 1.37. The minimum atomic E-state index is -0.148. The quantitative estimate of drug-likeness (QED) is 0.821. The molecule has 1 heterocycles. The van der Waals surface area contributed by atoms with Crippen molar-refractivity contribution >= 4 is 11.8 Å². The zero-order valence-corrected chi connectivity index (χ0v) is 15.1. The van der Waals surface area contributed by atoms with E-state index >= 15 is 0 Å². The second-order valence-corrected chi connectivity index (χ2v) is 6.68. The van der Waals surface area contributed by atoms with E-state index < -0.39 is 0 Å². The van der Waals surface area contributed by atoms with Gasteiger partial charge in [-0.05, 0) is 55.2 Å². The standard InChI is InChI=1S/C21H24N2O4/c24-18-8-6-17(7-9-18)21(26)22-14-16-10-12-23(13-11-16)20(25)15-27-19-4-2-1-3-5-19/h1-9,16,24H,10-15H2,(H,22,26). The number of para-hydroxylation sites is 1. The number of rotatable bonds is 6. The van der Waals surface area contributed by atoms with Crippen LogP contribution in [0.3, 0.4) is 0 Å². The number of benzene rings is 2. The van der Waals surface area contributed by atoms with Crippen molar-refractivity contribution in [3.05, 3.63) is 60.2 Å². The molecule has 0 atom stereocenters. The molecule has 2 aromatic carbocycles. The molecular formula is C21H24N2O4. The lowest BCUT2D eigenvalue weighted by Gasteiger charge is -2.32. The average molecular weight is 368 g/mol. The molecule has 1 saturated heterocycles. The summed E-state index contributed by atoms with van der Waals surface area (Å²) in [6, 6.07) is 15.5. The van der Waals surface area contributed by atoms with Crippen LogP contribution in [0.25, 0.3) is 0 Å². The molecule has 0 aliphatic carbocycles. The lowest BCUT2D eigenvalue weighted by Crippen LogP contribution is -2.43. The van der Waals surface area contributed by atoms with Crippen molar-refractivity contribution < 1.29 is 19.4 Å². The Morgan fingerprint density at radius 3 is 2.37 bits per heavy atom. The maximum atomic E-state index is 12.3. The highest BCUT2D eigenvalue weighted by Gasteiger charge is 2.23. The van der Waals surface area contributed by atoms with E-state index in [0.717, 1.165) is 12.8 Å². The second kappa shape index (κ2) is 9.07. The van der Waals surface area contributed by atoms with Gasteiger partial charge in [-0.25, -0.2) is 0 Å². The van der Waals surface area contributed by atoms with E-state index in [4.69, 9.17) is 4.74 Å². The molecule has 1 fully saturated rings. The molecule has 2 N–H and O–H groups in total. The van der Waals surface area contributed by atoms with Gasteiger partial charge in [-0.15, -0.1) is 0 Å². The minimum absolute atomic E-state index is 0.00886. The summed E-state index contributed by atoms with van der Waals surface area (Å²) in [4.78, 5) is 26.2. The number of hydrogen-bond acceptors (Lipinski definition) is 4. The Hall–Kier alpha value is -3.02. The third-order valence-corrected chi connectivity index (χ3v) is 4.75. The summed E-state index contributed by atoms with van der Waals surface area (Å²) in [7, 11) is 0. The number of nitrogens with zero attached hydrogens (tertiary/aromatic N) is 1. The fraction of sp³-hybridized carbons (Fsp3) is 0.333. The monoisotopic (exact) mass is 368 g/mol. The summed E-state index contributed by atoms with van der Waals surface area (Å²) in [5, 5.41) is 12.2. The van der Waals surface area contributed by atoms with Crippen LogP contribution in [-0.2, 0) is 4.79 Å². The van der Waals surface area contributed by atoms with Crippen LogP contribution >= 0.6 is 0 Å². The predicted molar refractivity (Wildman–Crippen MR) is 102 cm³/mol. The van der Waals surface area contributed by atoms with Crippen LogP contribution in [0.2, 0.25) is 0 Å². The third kappa shape index (κ3) is 5.48. The minimum Gasteiger partial charge on any atom is -0.508 e. The number of carbonyl (C=O) groups excluding carboxylic acids is 2. The first-order valence-corrected chi connectivity index (χ1v) is 9.14. The van der Waals surface area contributed by atoms with Crippen LogP contribution in [-0.4, -0.2) is 48.1 Å². The fourth-order valence-corrected chi connectivity index (χ4v) is 3.09. The van der Waals surface area contributed by atoms with Gasteiger partial charge in [0.2, 0.25) is 0 Å². The Labute approximate surface area is 158 Å².